The van der Waals surface area contributed by atoms with Crippen LogP contribution in [0.3, 0.4) is 0 Å². The second-order valence-corrected chi connectivity index (χ2v) is 6.30. The van der Waals surface area contributed by atoms with Gasteiger partial charge in [-0.05, 0) is 55.7 Å². The van der Waals surface area contributed by atoms with Crippen LogP contribution >= 0.6 is 0 Å². The van der Waals surface area contributed by atoms with Crippen LogP contribution in [-0.4, -0.2) is 28.0 Å². The van der Waals surface area contributed by atoms with Crippen LogP contribution < -0.4 is 20.6 Å². The highest BCUT2D eigenvalue weighted by Crippen LogP contribution is 2.29. The quantitative estimate of drug-likeness (QED) is 0.450. The third-order valence-corrected chi connectivity index (χ3v) is 4.17. The number of hydrogen-bond acceptors (Lipinski definition) is 7. The molecule has 0 fully saturated rings. The molecule has 2 N–H and O–H groups in total. The van der Waals surface area contributed by atoms with Gasteiger partial charge in [-0.15, -0.1) is 0 Å². The van der Waals surface area contributed by atoms with E-state index in [1.165, 1.54) is 5.56 Å². The highest BCUT2D eigenvalue weighted by molar-refractivity contribution is 5.81. The van der Waals surface area contributed by atoms with E-state index in [1.54, 1.807) is 13.1 Å². The summed E-state index contributed by atoms with van der Waals surface area (Å²) in [7, 11) is 0. The number of benzene rings is 2. The van der Waals surface area contributed by atoms with Crippen LogP contribution in [0.4, 0.5) is 5.82 Å². The molecular weight excluding hydrogens is 370 g/mol. The number of ether oxygens (including phenoxy) is 2. The molecule has 0 radical (unpaired) electrons. The fourth-order valence-corrected chi connectivity index (χ4v) is 2.59. The average Bonchev–Trinajstić information content (AvgIpc) is 2.71. The van der Waals surface area contributed by atoms with Crippen LogP contribution in [0.25, 0.3) is 0 Å². The summed E-state index contributed by atoms with van der Waals surface area (Å²) in [6.45, 7) is 6.67. The van der Waals surface area contributed by atoms with Gasteiger partial charge in [0, 0.05) is 0 Å². The van der Waals surface area contributed by atoms with Crippen LogP contribution in [0.15, 0.2) is 52.4 Å². The van der Waals surface area contributed by atoms with Crippen molar-refractivity contribution in [1.82, 2.24) is 15.2 Å². The number of nitrogens with one attached hydrogen (secondary N) is 2. The van der Waals surface area contributed by atoms with Crippen molar-refractivity contribution >= 4 is 12.0 Å². The Morgan fingerprint density at radius 2 is 1.97 bits per heavy atom. The first-order valence-corrected chi connectivity index (χ1v) is 9.23. The lowest BCUT2D eigenvalue weighted by atomic mass is 10.1. The molecule has 0 atom stereocenters. The molecule has 0 aliphatic rings. The lowest BCUT2D eigenvalue weighted by molar-refractivity contribution is 0.269. The minimum atomic E-state index is -0.540. The number of aromatic nitrogens is 3. The normalized spacial score (nSPS) is 10.9. The highest BCUT2D eigenvalue weighted by atomic mass is 16.5. The zero-order chi connectivity index (χ0) is 20.6. The van der Waals surface area contributed by atoms with Crippen LogP contribution in [0.1, 0.15) is 29.3 Å². The SMILES string of the molecule is CCOc1cc(/C=N\Nc2nc(=O)[nH]nc2C)ccc1OCc1ccccc1C. The van der Waals surface area contributed by atoms with Crippen LogP contribution in [0, 0.1) is 13.8 Å². The number of hydrazone groups is 1. The van der Waals surface area contributed by atoms with E-state index < -0.39 is 5.69 Å². The lowest BCUT2D eigenvalue weighted by Crippen LogP contribution is -2.15. The second-order valence-electron chi connectivity index (χ2n) is 6.30. The van der Waals surface area contributed by atoms with Crippen molar-refractivity contribution in [3.05, 3.63) is 75.3 Å². The molecule has 0 amide bonds. The van der Waals surface area contributed by atoms with E-state index in [9.17, 15) is 4.79 Å². The van der Waals surface area contributed by atoms with E-state index in [2.05, 4.69) is 38.7 Å². The van der Waals surface area contributed by atoms with Crippen molar-refractivity contribution in [1.29, 1.82) is 0 Å². The molecular formula is C21H23N5O3. The molecule has 150 valence electrons. The van der Waals surface area contributed by atoms with E-state index >= 15 is 0 Å². The number of nitrogens with zero attached hydrogens (tertiary/aromatic N) is 3. The van der Waals surface area contributed by atoms with Gasteiger partial charge in [0.1, 0.15) is 12.3 Å². The molecule has 1 heterocycles. The first-order valence-electron chi connectivity index (χ1n) is 9.23. The number of aryl methyl sites for hydroxylation is 2. The Balaban J connectivity index is 1.72. The lowest BCUT2D eigenvalue weighted by Gasteiger charge is -2.13. The smallest absolute Gasteiger partial charge is 0.363 e. The van der Waals surface area contributed by atoms with E-state index in [0.717, 1.165) is 11.1 Å². The van der Waals surface area contributed by atoms with Gasteiger partial charge >= 0.3 is 5.69 Å². The first-order chi connectivity index (χ1) is 14.1. The van der Waals surface area contributed by atoms with Gasteiger partial charge in [0.05, 0.1) is 12.8 Å². The minimum Gasteiger partial charge on any atom is -0.490 e. The van der Waals surface area contributed by atoms with Crippen molar-refractivity contribution in [2.45, 2.75) is 27.4 Å². The summed E-state index contributed by atoms with van der Waals surface area (Å²) in [6.07, 6.45) is 1.61. The van der Waals surface area contributed by atoms with Crippen molar-refractivity contribution in [2.75, 3.05) is 12.0 Å². The molecule has 0 unspecified atom stereocenters. The van der Waals surface area contributed by atoms with E-state index in [0.29, 0.717) is 36.2 Å². The van der Waals surface area contributed by atoms with Gasteiger partial charge < -0.3 is 9.47 Å². The topological polar surface area (TPSA) is 101 Å². The number of H-pyrrole nitrogens is 1. The predicted molar refractivity (Wildman–Crippen MR) is 112 cm³/mol. The summed E-state index contributed by atoms with van der Waals surface area (Å²) in [4.78, 5) is 15.0. The summed E-state index contributed by atoms with van der Waals surface area (Å²) < 4.78 is 11.7. The molecule has 0 aliphatic carbocycles. The van der Waals surface area contributed by atoms with Gasteiger partial charge in [0.25, 0.3) is 0 Å². The van der Waals surface area contributed by atoms with E-state index in [-0.39, 0.29) is 0 Å². The van der Waals surface area contributed by atoms with E-state index in [4.69, 9.17) is 9.47 Å². The average molecular weight is 393 g/mol. The Kier molecular flexibility index (Phi) is 6.57. The fourth-order valence-electron chi connectivity index (χ4n) is 2.59. The predicted octanol–water partition coefficient (Wildman–Crippen LogP) is 3.21. The first kappa shape index (κ1) is 20.1. The van der Waals surface area contributed by atoms with Crippen molar-refractivity contribution in [3.63, 3.8) is 0 Å². The summed E-state index contributed by atoms with van der Waals surface area (Å²) in [5.41, 5.74) is 5.83. The molecule has 8 heteroatoms. The Morgan fingerprint density at radius 1 is 1.14 bits per heavy atom. The standard InChI is InChI=1S/C21H23N5O3/c1-4-28-19-11-16(12-22-25-20-15(3)24-26-21(27)23-20)9-10-18(19)29-13-17-8-6-5-7-14(17)2/h5-12H,4,13H2,1-3H3,(H2,23,25,26,27)/b22-12-. The van der Waals surface area contributed by atoms with Gasteiger partial charge in [-0.2, -0.15) is 15.2 Å². The maximum atomic E-state index is 11.3. The Bertz CT molecular complexity index is 1060. The maximum Gasteiger partial charge on any atom is 0.363 e. The number of anilines is 1. The molecule has 8 nitrogen and oxygen atoms in total. The zero-order valence-corrected chi connectivity index (χ0v) is 16.6. The molecule has 3 aromatic rings. The summed E-state index contributed by atoms with van der Waals surface area (Å²) in [6, 6.07) is 13.7. The molecule has 2 aromatic carbocycles. The summed E-state index contributed by atoms with van der Waals surface area (Å²) >= 11 is 0. The van der Waals surface area contributed by atoms with Crippen molar-refractivity contribution in [2.24, 2.45) is 5.10 Å². The Morgan fingerprint density at radius 3 is 2.76 bits per heavy atom. The molecule has 0 saturated heterocycles. The third-order valence-electron chi connectivity index (χ3n) is 4.17. The zero-order valence-electron chi connectivity index (χ0n) is 16.6. The molecule has 1 aromatic heterocycles. The van der Waals surface area contributed by atoms with Gasteiger partial charge in [-0.25, -0.2) is 9.89 Å². The van der Waals surface area contributed by atoms with Crippen molar-refractivity contribution < 1.29 is 9.47 Å². The van der Waals surface area contributed by atoms with E-state index in [1.807, 2.05) is 43.3 Å². The fraction of sp³-hybridized carbons (Fsp3) is 0.238. The molecule has 0 aliphatic heterocycles. The van der Waals surface area contributed by atoms with Crippen molar-refractivity contribution in [3.8, 4) is 11.5 Å². The summed E-state index contributed by atoms with van der Waals surface area (Å²) in [5, 5.41) is 10.2. The maximum absolute atomic E-state index is 11.3. The Hall–Kier alpha value is -3.68. The van der Waals surface area contributed by atoms with Crippen LogP contribution in [0.2, 0.25) is 0 Å². The van der Waals surface area contributed by atoms with Crippen LogP contribution in [0.5, 0.6) is 11.5 Å². The molecule has 3 rings (SSSR count). The van der Waals surface area contributed by atoms with Gasteiger partial charge in [0.15, 0.2) is 17.3 Å². The molecule has 0 saturated carbocycles. The number of rotatable bonds is 8. The summed E-state index contributed by atoms with van der Waals surface area (Å²) in [5.74, 6) is 1.60. The van der Waals surface area contributed by atoms with Crippen LogP contribution in [-0.2, 0) is 6.61 Å². The third kappa shape index (κ3) is 5.41. The number of aromatic amines is 1. The second kappa shape index (κ2) is 9.50. The highest BCUT2D eigenvalue weighted by Gasteiger charge is 2.08. The monoisotopic (exact) mass is 393 g/mol. The van der Waals surface area contributed by atoms with Gasteiger partial charge in [-0.1, -0.05) is 24.3 Å². The van der Waals surface area contributed by atoms with Gasteiger partial charge in [0.2, 0.25) is 0 Å². The molecule has 29 heavy (non-hydrogen) atoms. The Labute approximate surface area is 168 Å². The largest absolute Gasteiger partial charge is 0.490 e. The molecule has 0 bridgehead atoms. The van der Waals surface area contributed by atoms with Gasteiger partial charge in [-0.3, -0.25) is 5.43 Å². The number of hydrogen-bond donors (Lipinski definition) is 2. The molecule has 0 spiro atoms. The minimum absolute atomic E-state index is 0.299.